The minimum atomic E-state index is -0.452. The molecule has 1 aliphatic carbocycles. The summed E-state index contributed by atoms with van der Waals surface area (Å²) in [5.74, 6) is 0.865. The van der Waals surface area contributed by atoms with E-state index in [2.05, 4.69) is 6.07 Å². The van der Waals surface area contributed by atoms with E-state index in [4.69, 9.17) is 4.74 Å². The summed E-state index contributed by atoms with van der Waals surface area (Å²) < 4.78 is 5.39. The first-order valence-corrected chi connectivity index (χ1v) is 7.73. The fourth-order valence-electron chi connectivity index (χ4n) is 2.75. The van der Waals surface area contributed by atoms with E-state index in [9.17, 15) is 10.1 Å². The average Bonchev–Trinajstić information content (AvgIpc) is 3.19. The fraction of sp³-hybridized carbons (Fsp3) is 0.875. The second-order valence-electron chi connectivity index (χ2n) is 7.34. The highest BCUT2D eigenvalue weighted by molar-refractivity contribution is 5.68. The molecule has 20 heavy (non-hydrogen) atoms. The summed E-state index contributed by atoms with van der Waals surface area (Å²) in [6, 6.07) is 2.53. The van der Waals surface area contributed by atoms with Crippen LogP contribution in [0, 0.1) is 22.7 Å². The Kier molecular flexibility index (Phi) is 4.27. The van der Waals surface area contributed by atoms with Crippen molar-refractivity contribution in [2.45, 2.75) is 64.9 Å². The maximum absolute atomic E-state index is 12.0. The normalized spacial score (nSPS) is 22.2. The lowest BCUT2D eigenvalue weighted by molar-refractivity contribution is 0.0140. The second-order valence-corrected chi connectivity index (χ2v) is 7.34. The predicted octanol–water partition coefficient (Wildman–Crippen LogP) is 3.72. The second kappa shape index (κ2) is 5.63. The molecule has 1 saturated carbocycles. The molecule has 2 rings (SSSR count). The number of ether oxygens (including phenoxy) is 1. The maximum Gasteiger partial charge on any atom is 0.410 e. The van der Waals surface area contributed by atoms with Crippen LogP contribution >= 0.6 is 0 Å². The maximum atomic E-state index is 12.0. The first-order chi connectivity index (χ1) is 9.34. The van der Waals surface area contributed by atoms with Crippen LogP contribution in [0.3, 0.4) is 0 Å². The van der Waals surface area contributed by atoms with Crippen molar-refractivity contribution in [2.75, 3.05) is 13.1 Å². The third-order valence-electron chi connectivity index (χ3n) is 4.34. The van der Waals surface area contributed by atoms with E-state index in [0.29, 0.717) is 13.1 Å². The van der Waals surface area contributed by atoms with Crippen molar-refractivity contribution < 1.29 is 9.53 Å². The van der Waals surface area contributed by atoms with E-state index in [0.717, 1.165) is 25.2 Å². The largest absolute Gasteiger partial charge is 0.444 e. The number of nitriles is 1. The van der Waals surface area contributed by atoms with Gasteiger partial charge < -0.3 is 9.64 Å². The van der Waals surface area contributed by atoms with Crippen LogP contribution in [-0.4, -0.2) is 29.7 Å². The lowest BCUT2D eigenvalue weighted by Gasteiger charge is -2.37. The lowest BCUT2D eigenvalue weighted by Crippen LogP contribution is -2.44. The minimum Gasteiger partial charge on any atom is -0.444 e. The van der Waals surface area contributed by atoms with Gasteiger partial charge in [0.1, 0.15) is 5.60 Å². The molecule has 0 atom stereocenters. The van der Waals surface area contributed by atoms with Crippen molar-refractivity contribution in [3.8, 4) is 6.07 Å². The molecular weight excluding hydrogens is 252 g/mol. The molecule has 1 amide bonds. The van der Waals surface area contributed by atoms with Gasteiger partial charge in [0, 0.05) is 13.1 Å². The molecule has 1 heterocycles. The monoisotopic (exact) mass is 278 g/mol. The molecule has 0 aromatic heterocycles. The standard InChI is InChI=1S/C16H26N2O2/c1-15(2,3)20-14(19)18-10-8-16(12-17,9-11-18)7-6-13-4-5-13/h13H,4-11H2,1-3H3. The highest BCUT2D eigenvalue weighted by Crippen LogP contribution is 2.42. The van der Waals surface area contributed by atoms with Gasteiger partial charge in [-0.15, -0.1) is 0 Å². The van der Waals surface area contributed by atoms with Crippen LogP contribution < -0.4 is 0 Å². The summed E-state index contributed by atoms with van der Waals surface area (Å²) in [4.78, 5) is 13.8. The van der Waals surface area contributed by atoms with E-state index in [-0.39, 0.29) is 11.5 Å². The SMILES string of the molecule is CC(C)(C)OC(=O)N1CCC(C#N)(CCC2CC2)CC1. The Labute approximate surface area is 122 Å². The summed E-state index contributed by atoms with van der Waals surface area (Å²) in [5.41, 5.74) is -0.659. The van der Waals surface area contributed by atoms with Crippen LogP contribution in [0.5, 0.6) is 0 Å². The molecule has 112 valence electrons. The molecule has 4 nitrogen and oxygen atoms in total. The zero-order chi connectivity index (χ0) is 14.8. The van der Waals surface area contributed by atoms with Crippen LogP contribution in [0.2, 0.25) is 0 Å². The van der Waals surface area contributed by atoms with E-state index in [1.165, 1.54) is 19.3 Å². The summed E-state index contributed by atoms with van der Waals surface area (Å²) in [6.07, 6.45) is 6.18. The Morgan fingerprint density at radius 2 is 1.95 bits per heavy atom. The highest BCUT2D eigenvalue weighted by Gasteiger charge is 2.38. The quantitative estimate of drug-likeness (QED) is 0.790. The lowest BCUT2D eigenvalue weighted by atomic mass is 9.76. The fourth-order valence-corrected chi connectivity index (χ4v) is 2.75. The van der Waals surface area contributed by atoms with Crippen LogP contribution in [0.1, 0.15) is 59.3 Å². The highest BCUT2D eigenvalue weighted by atomic mass is 16.6. The molecule has 0 bridgehead atoms. The molecule has 0 radical (unpaired) electrons. The Morgan fingerprint density at radius 3 is 2.40 bits per heavy atom. The molecule has 0 aromatic rings. The van der Waals surface area contributed by atoms with Gasteiger partial charge in [-0.3, -0.25) is 0 Å². The third-order valence-corrected chi connectivity index (χ3v) is 4.34. The zero-order valence-corrected chi connectivity index (χ0v) is 12.9. The summed E-state index contributed by atoms with van der Waals surface area (Å²) >= 11 is 0. The Bertz CT molecular complexity index is 394. The molecule has 4 heteroatoms. The first kappa shape index (κ1) is 15.2. The molecule has 0 unspecified atom stereocenters. The van der Waals surface area contributed by atoms with Crippen molar-refractivity contribution in [3.05, 3.63) is 0 Å². The first-order valence-electron chi connectivity index (χ1n) is 7.73. The number of hydrogen-bond donors (Lipinski definition) is 0. The van der Waals surface area contributed by atoms with E-state index >= 15 is 0 Å². The number of piperidine rings is 1. The number of carbonyl (C=O) groups is 1. The van der Waals surface area contributed by atoms with Crippen LogP contribution in [-0.2, 0) is 4.74 Å². The smallest absolute Gasteiger partial charge is 0.410 e. The van der Waals surface area contributed by atoms with Gasteiger partial charge in [0.15, 0.2) is 0 Å². The molecule has 2 fully saturated rings. The molecule has 2 aliphatic rings. The zero-order valence-electron chi connectivity index (χ0n) is 12.9. The molecular formula is C16H26N2O2. The van der Waals surface area contributed by atoms with Crippen molar-refractivity contribution in [1.29, 1.82) is 5.26 Å². The molecule has 1 saturated heterocycles. The number of rotatable bonds is 3. The van der Waals surface area contributed by atoms with E-state index in [1.54, 1.807) is 4.90 Å². The predicted molar refractivity (Wildman–Crippen MR) is 77.0 cm³/mol. The van der Waals surface area contributed by atoms with Crippen molar-refractivity contribution in [3.63, 3.8) is 0 Å². The van der Waals surface area contributed by atoms with E-state index in [1.807, 2.05) is 20.8 Å². The van der Waals surface area contributed by atoms with Gasteiger partial charge in [0.25, 0.3) is 0 Å². The number of nitrogens with zero attached hydrogens (tertiary/aromatic N) is 2. The average molecular weight is 278 g/mol. The minimum absolute atomic E-state index is 0.207. The van der Waals surface area contributed by atoms with Gasteiger partial charge in [0.05, 0.1) is 11.5 Å². The Morgan fingerprint density at radius 1 is 1.35 bits per heavy atom. The van der Waals surface area contributed by atoms with Gasteiger partial charge in [-0.25, -0.2) is 4.79 Å². The van der Waals surface area contributed by atoms with Crippen LogP contribution in [0.15, 0.2) is 0 Å². The van der Waals surface area contributed by atoms with Crippen LogP contribution in [0.4, 0.5) is 4.79 Å². The molecule has 0 spiro atoms. The molecule has 0 N–H and O–H groups in total. The van der Waals surface area contributed by atoms with Gasteiger partial charge in [-0.1, -0.05) is 12.8 Å². The Balaban J connectivity index is 1.83. The topological polar surface area (TPSA) is 53.3 Å². The van der Waals surface area contributed by atoms with Gasteiger partial charge >= 0.3 is 6.09 Å². The number of hydrogen-bond acceptors (Lipinski definition) is 3. The van der Waals surface area contributed by atoms with Crippen molar-refractivity contribution >= 4 is 6.09 Å². The number of likely N-dealkylation sites (tertiary alicyclic amines) is 1. The van der Waals surface area contributed by atoms with E-state index < -0.39 is 5.60 Å². The van der Waals surface area contributed by atoms with Gasteiger partial charge in [0.2, 0.25) is 0 Å². The van der Waals surface area contributed by atoms with Crippen molar-refractivity contribution in [1.82, 2.24) is 4.90 Å². The Hall–Kier alpha value is -1.24. The molecule has 1 aliphatic heterocycles. The number of carbonyl (C=O) groups excluding carboxylic acids is 1. The summed E-state index contributed by atoms with van der Waals surface area (Å²) in [5, 5.41) is 9.50. The van der Waals surface area contributed by atoms with Crippen LogP contribution in [0.25, 0.3) is 0 Å². The van der Waals surface area contributed by atoms with Gasteiger partial charge in [-0.2, -0.15) is 5.26 Å². The summed E-state index contributed by atoms with van der Waals surface area (Å²) in [6.45, 7) is 6.93. The van der Waals surface area contributed by atoms with Gasteiger partial charge in [-0.05, 0) is 52.4 Å². The number of amides is 1. The summed E-state index contributed by atoms with van der Waals surface area (Å²) in [7, 11) is 0. The third kappa shape index (κ3) is 4.13. The van der Waals surface area contributed by atoms with Crippen molar-refractivity contribution in [2.24, 2.45) is 11.3 Å². The molecule has 0 aromatic carbocycles.